The quantitative estimate of drug-likeness (QED) is 0.779. The molecule has 4 heteroatoms. The number of carbonyl (C=O) groups is 2. The van der Waals surface area contributed by atoms with Crippen LogP contribution in [0.1, 0.15) is 59.8 Å². The normalized spacial score (nSPS) is 17.5. The van der Waals surface area contributed by atoms with Gasteiger partial charge in [0.1, 0.15) is 0 Å². The van der Waals surface area contributed by atoms with Gasteiger partial charge in [-0.3, -0.25) is 9.59 Å². The Balaban J connectivity index is 2.50. The minimum atomic E-state index is -0.935. The highest BCUT2D eigenvalue weighted by Crippen LogP contribution is 2.39. The van der Waals surface area contributed by atoms with Crippen molar-refractivity contribution in [3.63, 3.8) is 0 Å². The fraction of sp³-hybridized carbons (Fsp3) is 0.867. The van der Waals surface area contributed by atoms with E-state index in [0.717, 1.165) is 0 Å². The van der Waals surface area contributed by atoms with Gasteiger partial charge in [-0.25, -0.2) is 0 Å². The maximum atomic E-state index is 12.1. The molecule has 1 aliphatic rings. The van der Waals surface area contributed by atoms with E-state index in [0.29, 0.717) is 12.5 Å². The van der Waals surface area contributed by atoms with Crippen molar-refractivity contribution < 1.29 is 14.7 Å². The van der Waals surface area contributed by atoms with Gasteiger partial charge in [-0.15, -0.1) is 0 Å². The van der Waals surface area contributed by atoms with E-state index in [2.05, 4.69) is 19.2 Å². The van der Waals surface area contributed by atoms with Crippen molar-refractivity contribution in [3.8, 4) is 0 Å². The average molecular weight is 269 g/mol. The van der Waals surface area contributed by atoms with Crippen LogP contribution in [0.15, 0.2) is 0 Å². The molecule has 1 fully saturated rings. The second-order valence-corrected chi connectivity index (χ2v) is 7.11. The van der Waals surface area contributed by atoms with E-state index in [1.165, 1.54) is 25.7 Å². The van der Waals surface area contributed by atoms with E-state index in [1.807, 2.05) is 0 Å². The largest absolute Gasteiger partial charge is 0.481 e. The summed E-state index contributed by atoms with van der Waals surface area (Å²) < 4.78 is 0. The van der Waals surface area contributed by atoms with E-state index in [9.17, 15) is 9.59 Å². The van der Waals surface area contributed by atoms with Crippen molar-refractivity contribution in [2.75, 3.05) is 6.54 Å². The van der Waals surface area contributed by atoms with Crippen LogP contribution in [0.5, 0.6) is 0 Å². The van der Waals surface area contributed by atoms with Gasteiger partial charge >= 0.3 is 5.97 Å². The molecule has 0 heterocycles. The molecule has 4 nitrogen and oxygen atoms in total. The zero-order chi connectivity index (χ0) is 14.7. The van der Waals surface area contributed by atoms with E-state index >= 15 is 0 Å². The van der Waals surface area contributed by atoms with E-state index in [1.54, 1.807) is 13.8 Å². The Labute approximate surface area is 116 Å². The number of rotatable bonds is 6. The summed E-state index contributed by atoms with van der Waals surface area (Å²) in [6, 6.07) is 0. The molecule has 0 aromatic carbocycles. The number of hydrogen-bond acceptors (Lipinski definition) is 2. The number of carbonyl (C=O) groups excluding carboxylic acids is 1. The van der Waals surface area contributed by atoms with Gasteiger partial charge in [0, 0.05) is 6.54 Å². The third kappa shape index (κ3) is 4.51. The molecule has 0 spiro atoms. The van der Waals surface area contributed by atoms with Gasteiger partial charge in [-0.2, -0.15) is 0 Å². The van der Waals surface area contributed by atoms with E-state index < -0.39 is 11.4 Å². The van der Waals surface area contributed by atoms with Crippen molar-refractivity contribution >= 4 is 11.9 Å². The number of amides is 1. The standard InChI is InChI=1S/C15H27NO3/c1-14(2,9-12(17)18)13(19)16-10-15(3,4)11-7-5-6-8-11/h11H,5-10H2,1-4H3,(H,16,19)(H,17,18). The molecule has 2 N–H and O–H groups in total. The molecule has 1 amide bonds. The molecule has 1 aliphatic carbocycles. The van der Waals surface area contributed by atoms with Crippen molar-refractivity contribution in [3.05, 3.63) is 0 Å². The van der Waals surface area contributed by atoms with Crippen LogP contribution in [-0.2, 0) is 9.59 Å². The lowest BCUT2D eigenvalue weighted by atomic mass is 9.77. The monoisotopic (exact) mass is 269 g/mol. The van der Waals surface area contributed by atoms with Crippen LogP contribution in [0.4, 0.5) is 0 Å². The Morgan fingerprint density at radius 1 is 1.16 bits per heavy atom. The molecule has 0 radical (unpaired) electrons. The van der Waals surface area contributed by atoms with Gasteiger partial charge < -0.3 is 10.4 Å². The Bertz CT molecular complexity index is 341. The van der Waals surface area contributed by atoms with Gasteiger partial charge in [0.2, 0.25) is 5.91 Å². The summed E-state index contributed by atoms with van der Waals surface area (Å²) in [7, 11) is 0. The first-order valence-electron chi connectivity index (χ1n) is 7.15. The Morgan fingerprint density at radius 2 is 1.68 bits per heavy atom. The predicted molar refractivity (Wildman–Crippen MR) is 74.8 cm³/mol. The second-order valence-electron chi connectivity index (χ2n) is 7.11. The molecule has 19 heavy (non-hydrogen) atoms. The maximum absolute atomic E-state index is 12.1. The molecular formula is C15H27NO3. The first kappa shape index (κ1) is 16.0. The summed E-state index contributed by atoms with van der Waals surface area (Å²) in [6.45, 7) is 8.36. The summed E-state index contributed by atoms with van der Waals surface area (Å²) in [5.41, 5.74) is -0.761. The van der Waals surface area contributed by atoms with Crippen LogP contribution in [0.2, 0.25) is 0 Å². The van der Waals surface area contributed by atoms with Crippen LogP contribution >= 0.6 is 0 Å². The highest BCUT2D eigenvalue weighted by atomic mass is 16.4. The first-order chi connectivity index (χ1) is 8.65. The van der Waals surface area contributed by atoms with Crippen LogP contribution in [-0.4, -0.2) is 23.5 Å². The number of nitrogens with one attached hydrogen (secondary N) is 1. The Morgan fingerprint density at radius 3 is 2.16 bits per heavy atom. The summed E-state index contributed by atoms with van der Waals surface area (Å²) in [6.07, 6.45) is 4.91. The SMILES string of the molecule is CC(C)(CC(=O)O)C(=O)NCC(C)(C)C1CCCC1. The number of hydrogen-bond donors (Lipinski definition) is 2. The summed E-state index contributed by atoms with van der Waals surface area (Å²) >= 11 is 0. The van der Waals surface area contributed by atoms with Gasteiger partial charge in [0.25, 0.3) is 0 Å². The lowest BCUT2D eigenvalue weighted by molar-refractivity contribution is -0.144. The lowest BCUT2D eigenvalue weighted by Gasteiger charge is -2.33. The topological polar surface area (TPSA) is 66.4 Å². The molecule has 0 bridgehead atoms. The van der Waals surface area contributed by atoms with Gasteiger partial charge in [0.15, 0.2) is 0 Å². The van der Waals surface area contributed by atoms with E-state index in [-0.39, 0.29) is 17.7 Å². The molecule has 1 saturated carbocycles. The molecular weight excluding hydrogens is 242 g/mol. The Kier molecular flexibility index (Phi) is 4.99. The molecule has 0 atom stereocenters. The first-order valence-corrected chi connectivity index (χ1v) is 7.15. The zero-order valence-electron chi connectivity index (χ0n) is 12.6. The number of carboxylic acid groups (broad SMARTS) is 1. The van der Waals surface area contributed by atoms with Crippen LogP contribution in [0.25, 0.3) is 0 Å². The van der Waals surface area contributed by atoms with Crippen molar-refractivity contribution in [1.82, 2.24) is 5.32 Å². The highest BCUT2D eigenvalue weighted by molar-refractivity contribution is 5.86. The smallest absolute Gasteiger partial charge is 0.304 e. The Hall–Kier alpha value is -1.06. The van der Waals surface area contributed by atoms with Crippen LogP contribution in [0, 0.1) is 16.7 Å². The minimum absolute atomic E-state index is 0.0888. The van der Waals surface area contributed by atoms with Crippen LogP contribution < -0.4 is 5.32 Å². The van der Waals surface area contributed by atoms with Crippen molar-refractivity contribution in [1.29, 1.82) is 0 Å². The average Bonchev–Trinajstić information content (AvgIpc) is 2.78. The molecule has 0 aromatic heterocycles. The third-order valence-corrected chi connectivity index (χ3v) is 4.37. The number of aliphatic carboxylic acids is 1. The van der Waals surface area contributed by atoms with Gasteiger partial charge in [-0.05, 0) is 24.2 Å². The van der Waals surface area contributed by atoms with Crippen LogP contribution in [0.3, 0.4) is 0 Å². The predicted octanol–water partition coefficient (Wildman–Crippen LogP) is 2.82. The fourth-order valence-electron chi connectivity index (χ4n) is 2.86. The second kappa shape index (κ2) is 5.93. The van der Waals surface area contributed by atoms with Gasteiger partial charge in [0.05, 0.1) is 11.8 Å². The maximum Gasteiger partial charge on any atom is 0.304 e. The molecule has 0 saturated heterocycles. The summed E-state index contributed by atoms with van der Waals surface area (Å²) in [5, 5.41) is 11.8. The van der Waals surface area contributed by atoms with Gasteiger partial charge in [-0.1, -0.05) is 40.5 Å². The molecule has 1 rings (SSSR count). The lowest BCUT2D eigenvalue weighted by Crippen LogP contribution is -2.44. The van der Waals surface area contributed by atoms with E-state index in [4.69, 9.17) is 5.11 Å². The minimum Gasteiger partial charge on any atom is -0.481 e. The zero-order valence-corrected chi connectivity index (χ0v) is 12.6. The third-order valence-electron chi connectivity index (χ3n) is 4.37. The number of carboxylic acids is 1. The fourth-order valence-corrected chi connectivity index (χ4v) is 2.86. The summed E-state index contributed by atoms with van der Waals surface area (Å²) in [4.78, 5) is 22.8. The van der Waals surface area contributed by atoms with Crippen molar-refractivity contribution in [2.24, 2.45) is 16.7 Å². The molecule has 110 valence electrons. The summed E-state index contributed by atoms with van der Waals surface area (Å²) in [5.74, 6) is -0.438. The molecule has 0 aromatic rings. The van der Waals surface area contributed by atoms with Crippen molar-refractivity contribution in [2.45, 2.75) is 59.8 Å². The molecule has 0 aliphatic heterocycles. The highest BCUT2D eigenvalue weighted by Gasteiger charge is 2.35. The molecule has 0 unspecified atom stereocenters.